The Hall–Kier alpha value is -2.74. The van der Waals surface area contributed by atoms with Gasteiger partial charge in [0.25, 0.3) is 0 Å². The van der Waals surface area contributed by atoms with Gasteiger partial charge in [-0.15, -0.1) is 0 Å². The molecule has 25 heavy (non-hydrogen) atoms. The van der Waals surface area contributed by atoms with Gasteiger partial charge in [0, 0.05) is 17.3 Å². The molecular formula is C17H22N6O2. The Balaban J connectivity index is 1.55. The van der Waals surface area contributed by atoms with Crippen LogP contribution >= 0.6 is 0 Å². The zero-order chi connectivity index (χ0) is 17.6. The number of benzene rings is 1. The van der Waals surface area contributed by atoms with Gasteiger partial charge in [-0.05, 0) is 57.1 Å². The third-order valence-electron chi connectivity index (χ3n) is 4.34. The number of aromatic nitrogens is 3. The maximum Gasteiger partial charge on any atom is 0.249 e. The third kappa shape index (κ3) is 4.42. The van der Waals surface area contributed by atoms with E-state index < -0.39 is 6.04 Å². The number of hydrogen-bond donors (Lipinski definition) is 3. The quantitative estimate of drug-likeness (QED) is 0.763. The van der Waals surface area contributed by atoms with Crippen LogP contribution < -0.4 is 16.0 Å². The molecule has 1 aliphatic heterocycles. The van der Waals surface area contributed by atoms with E-state index >= 15 is 0 Å². The van der Waals surface area contributed by atoms with Crippen molar-refractivity contribution >= 4 is 23.2 Å². The Labute approximate surface area is 146 Å². The first-order chi connectivity index (χ1) is 12.1. The molecule has 0 spiro atoms. The fourth-order valence-corrected chi connectivity index (χ4v) is 2.75. The van der Waals surface area contributed by atoms with E-state index in [1.807, 2.05) is 0 Å². The van der Waals surface area contributed by atoms with E-state index in [0.29, 0.717) is 5.69 Å². The Kier molecular flexibility index (Phi) is 5.39. The second kappa shape index (κ2) is 7.89. The minimum absolute atomic E-state index is 0.0538. The first kappa shape index (κ1) is 17.1. The molecule has 0 saturated carbocycles. The average molecular weight is 342 g/mol. The highest BCUT2D eigenvalue weighted by atomic mass is 16.2. The summed E-state index contributed by atoms with van der Waals surface area (Å²) in [5.74, 6) is -0.0701. The number of anilines is 2. The molecule has 0 bridgehead atoms. The highest BCUT2D eigenvalue weighted by Crippen LogP contribution is 2.18. The number of piperidine rings is 1. The molecule has 0 radical (unpaired) electrons. The van der Waals surface area contributed by atoms with Crippen molar-refractivity contribution in [1.82, 2.24) is 20.1 Å². The van der Waals surface area contributed by atoms with E-state index in [2.05, 4.69) is 26.0 Å². The summed E-state index contributed by atoms with van der Waals surface area (Å²) in [4.78, 5) is 28.3. The van der Waals surface area contributed by atoms with Gasteiger partial charge in [-0.3, -0.25) is 9.59 Å². The maximum atomic E-state index is 12.2. The van der Waals surface area contributed by atoms with E-state index in [-0.39, 0.29) is 17.7 Å². The van der Waals surface area contributed by atoms with Crippen LogP contribution in [0.2, 0.25) is 0 Å². The summed E-state index contributed by atoms with van der Waals surface area (Å²) in [6, 6.07) is 6.65. The Morgan fingerprint density at radius 1 is 1.16 bits per heavy atom. The molecule has 1 aromatic heterocycles. The molecule has 1 aromatic carbocycles. The van der Waals surface area contributed by atoms with Gasteiger partial charge < -0.3 is 16.0 Å². The number of nitrogens with one attached hydrogen (secondary N) is 3. The van der Waals surface area contributed by atoms with Crippen LogP contribution in [0.1, 0.15) is 25.8 Å². The first-order valence-corrected chi connectivity index (χ1v) is 8.40. The molecule has 1 fully saturated rings. The molecule has 2 heterocycles. The highest BCUT2D eigenvalue weighted by molar-refractivity contribution is 5.95. The lowest BCUT2D eigenvalue weighted by Crippen LogP contribution is -2.34. The van der Waals surface area contributed by atoms with Crippen LogP contribution in [0.4, 0.5) is 11.4 Å². The van der Waals surface area contributed by atoms with Crippen molar-refractivity contribution in [2.24, 2.45) is 5.92 Å². The Bertz CT molecular complexity index is 707. The summed E-state index contributed by atoms with van der Waals surface area (Å²) >= 11 is 0. The van der Waals surface area contributed by atoms with Crippen molar-refractivity contribution in [3.05, 3.63) is 36.9 Å². The first-order valence-electron chi connectivity index (χ1n) is 8.40. The molecule has 8 nitrogen and oxygen atoms in total. The largest absolute Gasteiger partial charge is 0.326 e. The van der Waals surface area contributed by atoms with Crippen LogP contribution in [0.15, 0.2) is 36.9 Å². The van der Waals surface area contributed by atoms with E-state index in [1.165, 1.54) is 17.3 Å². The van der Waals surface area contributed by atoms with Crippen LogP contribution in [0.25, 0.3) is 0 Å². The van der Waals surface area contributed by atoms with E-state index in [9.17, 15) is 9.59 Å². The molecule has 2 aromatic rings. The minimum atomic E-state index is -0.457. The van der Waals surface area contributed by atoms with Gasteiger partial charge in [0.05, 0.1) is 0 Å². The molecule has 1 unspecified atom stereocenters. The smallest absolute Gasteiger partial charge is 0.249 e. The molecule has 3 N–H and O–H groups in total. The highest BCUT2D eigenvalue weighted by Gasteiger charge is 2.21. The van der Waals surface area contributed by atoms with Crippen molar-refractivity contribution < 1.29 is 9.59 Å². The van der Waals surface area contributed by atoms with Gasteiger partial charge in [-0.2, -0.15) is 5.10 Å². The number of rotatable bonds is 5. The standard InChI is InChI=1S/C17H22N6O2/c1-12(23-11-19-10-20-23)16(24)21-14-2-4-15(5-3-14)22-17(25)13-6-8-18-9-7-13/h2-5,10-13,18H,6-9H2,1H3,(H,21,24)(H,22,25). The molecule has 1 aliphatic rings. The van der Waals surface area contributed by atoms with Gasteiger partial charge in [-0.1, -0.05) is 0 Å². The number of hydrogen-bond acceptors (Lipinski definition) is 5. The number of carbonyl (C=O) groups is 2. The predicted molar refractivity (Wildman–Crippen MR) is 94.0 cm³/mol. The summed E-state index contributed by atoms with van der Waals surface area (Å²) in [5.41, 5.74) is 1.39. The normalized spacial score (nSPS) is 16.2. The summed E-state index contributed by atoms with van der Waals surface area (Å²) < 4.78 is 1.49. The molecule has 0 aliphatic carbocycles. The predicted octanol–water partition coefficient (Wildman–Crippen LogP) is 1.42. The van der Waals surface area contributed by atoms with Crippen LogP contribution in [-0.4, -0.2) is 39.7 Å². The fraction of sp³-hybridized carbons (Fsp3) is 0.412. The number of carbonyl (C=O) groups excluding carboxylic acids is 2. The average Bonchev–Trinajstić information content (AvgIpc) is 3.18. The molecule has 2 amide bonds. The lowest BCUT2D eigenvalue weighted by atomic mass is 9.97. The summed E-state index contributed by atoms with van der Waals surface area (Å²) in [7, 11) is 0. The third-order valence-corrected chi connectivity index (χ3v) is 4.34. The van der Waals surface area contributed by atoms with Gasteiger partial charge in [0.1, 0.15) is 18.7 Å². The van der Waals surface area contributed by atoms with E-state index in [0.717, 1.165) is 31.6 Å². The maximum absolute atomic E-state index is 12.2. The number of nitrogens with zero attached hydrogens (tertiary/aromatic N) is 3. The van der Waals surface area contributed by atoms with Gasteiger partial charge in [0.15, 0.2) is 0 Å². The second-order valence-electron chi connectivity index (χ2n) is 6.13. The van der Waals surface area contributed by atoms with Crippen LogP contribution in [0, 0.1) is 5.92 Å². The fourth-order valence-electron chi connectivity index (χ4n) is 2.75. The molecule has 8 heteroatoms. The monoisotopic (exact) mass is 342 g/mol. The van der Waals surface area contributed by atoms with Crippen molar-refractivity contribution in [3.63, 3.8) is 0 Å². The molecule has 132 valence electrons. The lowest BCUT2D eigenvalue weighted by molar-refractivity contribution is -0.120. The summed E-state index contributed by atoms with van der Waals surface area (Å²) in [6.07, 6.45) is 4.62. The lowest BCUT2D eigenvalue weighted by Gasteiger charge is -2.21. The van der Waals surface area contributed by atoms with Crippen molar-refractivity contribution in [1.29, 1.82) is 0 Å². The van der Waals surface area contributed by atoms with Gasteiger partial charge in [-0.25, -0.2) is 9.67 Å². The van der Waals surface area contributed by atoms with Crippen molar-refractivity contribution in [2.45, 2.75) is 25.8 Å². The van der Waals surface area contributed by atoms with E-state index in [1.54, 1.807) is 31.2 Å². The molecule has 1 atom stereocenters. The molecular weight excluding hydrogens is 320 g/mol. The number of amides is 2. The summed E-state index contributed by atoms with van der Waals surface area (Å²) in [6.45, 7) is 3.51. The van der Waals surface area contributed by atoms with Gasteiger partial charge >= 0.3 is 0 Å². The van der Waals surface area contributed by atoms with Gasteiger partial charge in [0.2, 0.25) is 11.8 Å². The topological polar surface area (TPSA) is 101 Å². The molecule has 1 saturated heterocycles. The van der Waals surface area contributed by atoms with Crippen molar-refractivity contribution in [2.75, 3.05) is 23.7 Å². The Morgan fingerprint density at radius 3 is 2.40 bits per heavy atom. The summed E-state index contributed by atoms with van der Waals surface area (Å²) in [5, 5.41) is 13.0. The van der Waals surface area contributed by atoms with Crippen LogP contribution in [-0.2, 0) is 9.59 Å². The van der Waals surface area contributed by atoms with Crippen LogP contribution in [0.3, 0.4) is 0 Å². The van der Waals surface area contributed by atoms with Crippen LogP contribution in [0.5, 0.6) is 0 Å². The SMILES string of the molecule is CC(C(=O)Nc1ccc(NC(=O)C2CCNCC2)cc1)n1cncn1. The van der Waals surface area contributed by atoms with Crippen molar-refractivity contribution in [3.8, 4) is 0 Å². The Morgan fingerprint density at radius 2 is 1.80 bits per heavy atom. The molecule has 3 rings (SSSR count). The minimum Gasteiger partial charge on any atom is -0.326 e. The zero-order valence-corrected chi connectivity index (χ0v) is 14.1. The second-order valence-corrected chi connectivity index (χ2v) is 6.13. The van der Waals surface area contributed by atoms with E-state index in [4.69, 9.17) is 0 Å². The zero-order valence-electron chi connectivity index (χ0n) is 14.1.